The van der Waals surface area contributed by atoms with E-state index < -0.39 is 12.0 Å². The molecule has 1 atom stereocenters. The van der Waals surface area contributed by atoms with E-state index in [1.54, 1.807) is 6.92 Å². The Morgan fingerprint density at radius 3 is 2.59 bits per heavy atom. The SMILES string of the molecule is CCOC(=O)C1=C(CC)NC(=O)NC1c1cccc(OCc2ccc(Cl)cc2)c1. The molecule has 2 amide bonds. The van der Waals surface area contributed by atoms with E-state index in [4.69, 9.17) is 21.1 Å². The summed E-state index contributed by atoms with van der Waals surface area (Å²) in [5, 5.41) is 6.19. The summed E-state index contributed by atoms with van der Waals surface area (Å²) in [5.74, 6) is 0.181. The van der Waals surface area contributed by atoms with E-state index >= 15 is 0 Å². The van der Waals surface area contributed by atoms with Crippen LogP contribution < -0.4 is 15.4 Å². The first-order chi connectivity index (χ1) is 14.0. The quantitative estimate of drug-likeness (QED) is 0.654. The number of carbonyl (C=O) groups excluding carboxylic acids is 2. The zero-order valence-corrected chi connectivity index (χ0v) is 17.1. The number of carbonyl (C=O) groups is 2. The fourth-order valence-corrected chi connectivity index (χ4v) is 3.25. The number of halogens is 1. The highest BCUT2D eigenvalue weighted by atomic mass is 35.5. The van der Waals surface area contributed by atoms with Crippen LogP contribution in [0.3, 0.4) is 0 Å². The summed E-state index contributed by atoms with van der Waals surface area (Å²) >= 11 is 5.91. The lowest BCUT2D eigenvalue weighted by atomic mass is 9.94. The lowest BCUT2D eigenvalue weighted by Crippen LogP contribution is -2.45. The summed E-state index contributed by atoms with van der Waals surface area (Å²) < 4.78 is 11.1. The first-order valence-corrected chi connectivity index (χ1v) is 9.84. The number of urea groups is 1. The number of nitrogens with one attached hydrogen (secondary N) is 2. The minimum atomic E-state index is -0.614. The number of ether oxygens (including phenoxy) is 2. The Morgan fingerprint density at radius 2 is 1.90 bits per heavy atom. The molecule has 29 heavy (non-hydrogen) atoms. The predicted octanol–water partition coefficient (Wildman–Crippen LogP) is 4.50. The van der Waals surface area contributed by atoms with E-state index in [1.165, 1.54) is 0 Å². The van der Waals surface area contributed by atoms with Crippen LogP contribution in [0, 0.1) is 0 Å². The van der Waals surface area contributed by atoms with Crippen LogP contribution in [0.2, 0.25) is 5.02 Å². The van der Waals surface area contributed by atoms with Crippen molar-refractivity contribution in [3.05, 3.63) is 76.0 Å². The zero-order chi connectivity index (χ0) is 20.8. The molecule has 0 saturated carbocycles. The second-order valence-corrected chi connectivity index (χ2v) is 6.92. The van der Waals surface area contributed by atoms with Crippen LogP contribution in [-0.4, -0.2) is 18.6 Å². The van der Waals surface area contributed by atoms with Crippen molar-refractivity contribution in [3.8, 4) is 5.75 Å². The van der Waals surface area contributed by atoms with Gasteiger partial charge in [0.1, 0.15) is 12.4 Å². The van der Waals surface area contributed by atoms with Gasteiger partial charge in [-0.3, -0.25) is 0 Å². The highest BCUT2D eigenvalue weighted by molar-refractivity contribution is 6.30. The monoisotopic (exact) mass is 414 g/mol. The van der Waals surface area contributed by atoms with E-state index in [2.05, 4.69) is 10.6 Å². The molecule has 2 aromatic carbocycles. The number of benzene rings is 2. The average Bonchev–Trinajstić information content (AvgIpc) is 2.73. The number of hydrogen-bond acceptors (Lipinski definition) is 4. The van der Waals surface area contributed by atoms with Crippen LogP contribution in [-0.2, 0) is 16.1 Å². The van der Waals surface area contributed by atoms with Gasteiger partial charge in [0.25, 0.3) is 0 Å². The van der Waals surface area contributed by atoms with Crippen LogP contribution in [0.15, 0.2) is 59.8 Å². The van der Waals surface area contributed by atoms with Crippen molar-refractivity contribution in [2.45, 2.75) is 32.9 Å². The van der Waals surface area contributed by atoms with Gasteiger partial charge in [0.05, 0.1) is 18.2 Å². The summed E-state index contributed by atoms with van der Waals surface area (Å²) in [5.41, 5.74) is 2.69. The average molecular weight is 415 g/mol. The van der Waals surface area contributed by atoms with Crippen molar-refractivity contribution in [2.24, 2.45) is 0 Å². The Balaban J connectivity index is 1.85. The molecule has 0 bridgehead atoms. The van der Waals surface area contributed by atoms with Crippen LogP contribution in [0.4, 0.5) is 4.79 Å². The van der Waals surface area contributed by atoms with Gasteiger partial charge in [-0.15, -0.1) is 0 Å². The van der Waals surface area contributed by atoms with Crippen molar-refractivity contribution < 1.29 is 19.1 Å². The van der Waals surface area contributed by atoms with Crippen molar-refractivity contribution in [1.29, 1.82) is 0 Å². The van der Waals surface area contributed by atoms with Crippen molar-refractivity contribution in [1.82, 2.24) is 10.6 Å². The number of rotatable bonds is 7. The van der Waals surface area contributed by atoms with Gasteiger partial charge in [-0.2, -0.15) is 0 Å². The summed E-state index contributed by atoms with van der Waals surface area (Å²) in [6.45, 7) is 4.26. The van der Waals surface area contributed by atoms with Gasteiger partial charge in [0.15, 0.2) is 0 Å². The van der Waals surface area contributed by atoms with Gasteiger partial charge in [0.2, 0.25) is 0 Å². The fourth-order valence-electron chi connectivity index (χ4n) is 3.13. The third-order valence-corrected chi connectivity index (χ3v) is 4.76. The Labute approximate surface area is 174 Å². The highest BCUT2D eigenvalue weighted by Crippen LogP contribution is 2.31. The lowest BCUT2D eigenvalue weighted by molar-refractivity contribution is -0.139. The highest BCUT2D eigenvalue weighted by Gasteiger charge is 2.33. The molecule has 0 fully saturated rings. The topological polar surface area (TPSA) is 76.7 Å². The Bertz CT molecular complexity index is 925. The standard InChI is InChI=1S/C22H23ClN2O4/c1-3-18-19(21(26)28-4-2)20(25-22(27)24-18)15-6-5-7-17(12-15)29-13-14-8-10-16(23)11-9-14/h5-12,20H,3-4,13H2,1-2H3,(H2,24,25,27). The number of hydrogen-bond donors (Lipinski definition) is 2. The van der Waals surface area contributed by atoms with E-state index in [0.717, 1.165) is 11.1 Å². The largest absolute Gasteiger partial charge is 0.489 e. The van der Waals surface area contributed by atoms with E-state index in [-0.39, 0.29) is 12.6 Å². The maximum absolute atomic E-state index is 12.6. The molecule has 7 heteroatoms. The molecule has 0 aliphatic carbocycles. The van der Waals surface area contributed by atoms with Crippen LogP contribution in [0.5, 0.6) is 5.75 Å². The zero-order valence-electron chi connectivity index (χ0n) is 16.3. The van der Waals surface area contributed by atoms with Crippen LogP contribution in [0.1, 0.15) is 37.4 Å². The molecule has 2 aromatic rings. The minimum absolute atomic E-state index is 0.254. The molecule has 1 aliphatic heterocycles. The Morgan fingerprint density at radius 1 is 1.14 bits per heavy atom. The van der Waals surface area contributed by atoms with Gasteiger partial charge < -0.3 is 20.1 Å². The second-order valence-electron chi connectivity index (χ2n) is 6.49. The van der Waals surface area contributed by atoms with Crippen molar-refractivity contribution >= 4 is 23.6 Å². The Kier molecular flexibility index (Phi) is 6.77. The van der Waals surface area contributed by atoms with Gasteiger partial charge in [-0.25, -0.2) is 9.59 Å². The van der Waals surface area contributed by atoms with Crippen LogP contribution >= 0.6 is 11.6 Å². The molecule has 152 valence electrons. The molecule has 0 spiro atoms. The normalized spacial score (nSPS) is 16.1. The van der Waals surface area contributed by atoms with E-state index in [1.807, 2.05) is 55.5 Å². The molecule has 3 rings (SSSR count). The maximum atomic E-state index is 12.6. The number of allylic oxidation sites excluding steroid dienone is 1. The first-order valence-electron chi connectivity index (χ1n) is 9.46. The molecule has 1 heterocycles. The predicted molar refractivity (Wildman–Crippen MR) is 111 cm³/mol. The van der Waals surface area contributed by atoms with Gasteiger partial charge in [-0.05, 0) is 48.7 Å². The molecule has 1 aliphatic rings. The van der Waals surface area contributed by atoms with Gasteiger partial charge in [-0.1, -0.05) is 42.8 Å². The van der Waals surface area contributed by atoms with Crippen molar-refractivity contribution in [2.75, 3.05) is 6.61 Å². The smallest absolute Gasteiger partial charge is 0.338 e. The van der Waals surface area contributed by atoms with E-state index in [9.17, 15) is 9.59 Å². The molecule has 0 saturated heterocycles. The third kappa shape index (κ3) is 5.09. The summed E-state index contributed by atoms with van der Waals surface area (Å²) in [7, 11) is 0. The summed E-state index contributed by atoms with van der Waals surface area (Å²) in [6, 6.07) is 13.8. The minimum Gasteiger partial charge on any atom is -0.489 e. The van der Waals surface area contributed by atoms with Crippen molar-refractivity contribution in [3.63, 3.8) is 0 Å². The van der Waals surface area contributed by atoms with Crippen LogP contribution in [0.25, 0.3) is 0 Å². The number of amides is 2. The first kappa shape index (κ1) is 20.7. The second kappa shape index (κ2) is 9.47. The summed E-state index contributed by atoms with van der Waals surface area (Å²) in [4.78, 5) is 24.7. The van der Waals surface area contributed by atoms with Gasteiger partial charge >= 0.3 is 12.0 Å². The third-order valence-electron chi connectivity index (χ3n) is 4.51. The Hall–Kier alpha value is -2.99. The molecular formula is C22H23ClN2O4. The lowest BCUT2D eigenvalue weighted by Gasteiger charge is -2.29. The van der Waals surface area contributed by atoms with E-state index in [0.29, 0.717) is 35.1 Å². The molecule has 2 N–H and O–H groups in total. The maximum Gasteiger partial charge on any atom is 0.338 e. The van der Waals surface area contributed by atoms with Gasteiger partial charge in [0, 0.05) is 10.7 Å². The fraction of sp³-hybridized carbons (Fsp3) is 0.273. The number of esters is 1. The molecule has 0 aromatic heterocycles. The molecule has 1 unspecified atom stereocenters. The molecule has 0 radical (unpaired) electrons. The molecular weight excluding hydrogens is 392 g/mol. The molecule has 6 nitrogen and oxygen atoms in total. The summed E-state index contributed by atoms with van der Waals surface area (Å²) in [6.07, 6.45) is 0.505.